The van der Waals surface area contributed by atoms with Gasteiger partial charge in [0, 0.05) is 16.9 Å². The number of amides is 2. The second-order valence-corrected chi connectivity index (χ2v) is 8.22. The summed E-state index contributed by atoms with van der Waals surface area (Å²) in [4.78, 5) is 25.3. The molecule has 0 spiro atoms. The molecule has 1 heterocycles. The number of thiocarbonyl (C=S) groups is 1. The minimum absolute atomic E-state index is 0.151. The Kier molecular flexibility index (Phi) is 6.69. The van der Waals surface area contributed by atoms with Gasteiger partial charge < -0.3 is 10.6 Å². The van der Waals surface area contributed by atoms with Crippen LogP contribution in [-0.4, -0.2) is 16.9 Å². The first-order chi connectivity index (χ1) is 15.6. The van der Waals surface area contributed by atoms with Gasteiger partial charge in [-0.3, -0.25) is 14.9 Å². The van der Waals surface area contributed by atoms with Crippen molar-refractivity contribution >= 4 is 51.9 Å². The Labute approximate surface area is 195 Å². The predicted octanol–water partition coefficient (Wildman–Crippen LogP) is 5.79. The zero-order valence-electron chi connectivity index (χ0n) is 16.9. The lowest BCUT2D eigenvalue weighted by atomic mass is 10.0. The average Bonchev–Trinajstić information content (AvgIpc) is 3.36. The fraction of sp³-hybridized carbons (Fsp3) is 0. The lowest BCUT2D eigenvalue weighted by molar-refractivity contribution is 0.0976. The van der Waals surface area contributed by atoms with Gasteiger partial charge >= 0.3 is 0 Å². The van der Waals surface area contributed by atoms with Crippen molar-refractivity contribution in [1.82, 2.24) is 5.32 Å². The highest BCUT2D eigenvalue weighted by molar-refractivity contribution is 7.80. The second kappa shape index (κ2) is 10.00. The molecule has 0 atom stereocenters. The molecule has 0 aliphatic rings. The van der Waals surface area contributed by atoms with E-state index >= 15 is 0 Å². The lowest BCUT2D eigenvalue weighted by Crippen LogP contribution is -2.34. The predicted molar refractivity (Wildman–Crippen MR) is 134 cm³/mol. The molecule has 0 aliphatic carbocycles. The van der Waals surface area contributed by atoms with Crippen LogP contribution >= 0.6 is 23.6 Å². The molecule has 2 amide bonds. The van der Waals surface area contributed by atoms with E-state index in [2.05, 4.69) is 16.0 Å². The number of rotatable bonds is 5. The summed E-state index contributed by atoms with van der Waals surface area (Å²) in [6.07, 6.45) is 0. The van der Waals surface area contributed by atoms with Gasteiger partial charge in [0.15, 0.2) is 5.11 Å². The van der Waals surface area contributed by atoms with Crippen LogP contribution in [0.5, 0.6) is 0 Å². The summed E-state index contributed by atoms with van der Waals surface area (Å²) in [5.41, 5.74) is 4.01. The highest BCUT2D eigenvalue weighted by Crippen LogP contribution is 2.19. The Bertz CT molecular complexity index is 1220. The molecule has 5 nitrogen and oxygen atoms in total. The largest absolute Gasteiger partial charge is 0.332 e. The van der Waals surface area contributed by atoms with Gasteiger partial charge in [-0.15, -0.1) is 11.3 Å². The van der Waals surface area contributed by atoms with Crippen LogP contribution in [-0.2, 0) is 0 Å². The quantitative estimate of drug-likeness (QED) is 0.332. The van der Waals surface area contributed by atoms with E-state index in [4.69, 9.17) is 12.2 Å². The fourth-order valence-electron chi connectivity index (χ4n) is 3.02. The Morgan fingerprint density at radius 1 is 0.656 bits per heavy atom. The first-order valence-corrected chi connectivity index (χ1v) is 11.1. The monoisotopic (exact) mass is 457 g/mol. The van der Waals surface area contributed by atoms with E-state index in [-0.39, 0.29) is 16.9 Å². The molecule has 158 valence electrons. The van der Waals surface area contributed by atoms with Gasteiger partial charge in [-0.2, -0.15) is 0 Å². The SMILES string of the molecule is O=C(NC(=S)Nc1ccc(NC(=O)c2cccs2)cc1)c1ccc(-c2ccccc2)cc1. The van der Waals surface area contributed by atoms with Gasteiger partial charge in [0.25, 0.3) is 11.8 Å². The van der Waals surface area contributed by atoms with Crippen molar-refractivity contribution in [2.24, 2.45) is 0 Å². The summed E-state index contributed by atoms with van der Waals surface area (Å²) in [5.74, 6) is -0.441. The van der Waals surface area contributed by atoms with Crippen molar-refractivity contribution in [3.63, 3.8) is 0 Å². The van der Waals surface area contributed by atoms with Crippen LogP contribution in [0.4, 0.5) is 11.4 Å². The van der Waals surface area contributed by atoms with Crippen LogP contribution in [0.2, 0.25) is 0 Å². The van der Waals surface area contributed by atoms with Crippen LogP contribution in [0, 0.1) is 0 Å². The molecule has 0 radical (unpaired) electrons. The van der Waals surface area contributed by atoms with E-state index in [1.54, 1.807) is 42.5 Å². The molecular weight excluding hydrogens is 438 g/mol. The molecule has 7 heteroatoms. The molecule has 3 aromatic carbocycles. The van der Waals surface area contributed by atoms with Crippen molar-refractivity contribution in [2.75, 3.05) is 10.6 Å². The maximum Gasteiger partial charge on any atom is 0.265 e. The highest BCUT2D eigenvalue weighted by Gasteiger charge is 2.10. The number of thiophene rings is 1. The molecule has 0 saturated carbocycles. The van der Waals surface area contributed by atoms with Crippen LogP contribution in [0.1, 0.15) is 20.0 Å². The van der Waals surface area contributed by atoms with Gasteiger partial charge in [-0.05, 0) is 71.2 Å². The molecule has 32 heavy (non-hydrogen) atoms. The standard InChI is InChI=1S/C25H19N3O2S2/c29-23(19-10-8-18(9-11-19)17-5-2-1-3-6-17)28-25(31)27-21-14-12-20(13-15-21)26-24(30)22-7-4-16-32-22/h1-16H,(H,26,30)(H2,27,28,29,31). The molecule has 4 rings (SSSR count). The summed E-state index contributed by atoms with van der Waals surface area (Å²) in [7, 11) is 0. The Morgan fingerprint density at radius 2 is 1.28 bits per heavy atom. The van der Waals surface area contributed by atoms with Crippen molar-refractivity contribution in [3.05, 3.63) is 107 Å². The van der Waals surface area contributed by atoms with E-state index in [1.807, 2.05) is 53.9 Å². The highest BCUT2D eigenvalue weighted by atomic mass is 32.1. The second-order valence-electron chi connectivity index (χ2n) is 6.86. The summed E-state index contributed by atoms with van der Waals surface area (Å²) < 4.78 is 0. The molecule has 4 aromatic rings. The topological polar surface area (TPSA) is 70.2 Å². The molecule has 0 unspecified atom stereocenters. The van der Waals surface area contributed by atoms with Crippen LogP contribution in [0.3, 0.4) is 0 Å². The normalized spacial score (nSPS) is 10.2. The van der Waals surface area contributed by atoms with E-state index in [1.165, 1.54) is 11.3 Å². The molecule has 3 N–H and O–H groups in total. The Balaban J connectivity index is 1.31. The molecular formula is C25H19N3O2S2. The summed E-state index contributed by atoms with van der Waals surface area (Å²) in [6, 6.07) is 28.0. The molecule has 0 bridgehead atoms. The number of anilines is 2. The van der Waals surface area contributed by atoms with Gasteiger partial charge in [0.05, 0.1) is 4.88 Å². The number of benzene rings is 3. The Morgan fingerprint density at radius 3 is 1.91 bits per heavy atom. The van der Waals surface area contributed by atoms with Gasteiger partial charge in [0.2, 0.25) is 0 Å². The Hall–Kier alpha value is -3.81. The fourth-order valence-corrected chi connectivity index (χ4v) is 3.85. The van der Waals surface area contributed by atoms with Crippen molar-refractivity contribution in [2.45, 2.75) is 0 Å². The first kappa shape index (κ1) is 21.4. The average molecular weight is 458 g/mol. The third-order valence-corrected chi connectivity index (χ3v) is 5.70. The minimum Gasteiger partial charge on any atom is -0.332 e. The van der Waals surface area contributed by atoms with E-state index in [0.717, 1.165) is 11.1 Å². The van der Waals surface area contributed by atoms with E-state index in [0.29, 0.717) is 21.8 Å². The number of hydrogen-bond acceptors (Lipinski definition) is 4. The van der Waals surface area contributed by atoms with Crippen LogP contribution in [0.25, 0.3) is 11.1 Å². The molecule has 0 fully saturated rings. The molecule has 0 saturated heterocycles. The number of nitrogens with one attached hydrogen (secondary N) is 3. The van der Waals surface area contributed by atoms with Gasteiger partial charge in [-0.25, -0.2) is 0 Å². The first-order valence-electron chi connectivity index (χ1n) is 9.81. The third-order valence-electron chi connectivity index (χ3n) is 4.63. The van der Waals surface area contributed by atoms with E-state index in [9.17, 15) is 9.59 Å². The third kappa shape index (κ3) is 5.46. The lowest BCUT2D eigenvalue weighted by Gasteiger charge is -2.11. The minimum atomic E-state index is -0.290. The number of carbonyl (C=O) groups is 2. The van der Waals surface area contributed by atoms with Crippen molar-refractivity contribution in [3.8, 4) is 11.1 Å². The maximum atomic E-state index is 12.5. The number of hydrogen-bond donors (Lipinski definition) is 3. The number of carbonyl (C=O) groups excluding carboxylic acids is 2. The maximum absolute atomic E-state index is 12.5. The summed E-state index contributed by atoms with van der Waals surface area (Å²) >= 11 is 6.64. The molecule has 1 aromatic heterocycles. The van der Waals surface area contributed by atoms with Gasteiger partial charge in [0.1, 0.15) is 0 Å². The zero-order chi connectivity index (χ0) is 22.3. The molecule has 0 aliphatic heterocycles. The smallest absolute Gasteiger partial charge is 0.265 e. The van der Waals surface area contributed by atoms with Gasteiger partial charge in [-0.1, -0.05) is 48.5 Å². The summed E-state index contributed by atoms with van der Waals surface area (Å²) in [6.45, 7) is 0. The van der Waals surface area contributed by atoms with Crippen LogP contribution in [0.15, 0.2) is 96.4 Å². The summed E-state index contributed by atoms with van der Waals surface area (Å²) in [5, 5.41) is 10.5. The zero-order valence-corrected chi connectivity index (χ0v) is 18.5. The van der Waals surface area contributed by atoms with Crippen molar-refractivity contribution in [1.29, 1.82) is 0 Å². The van der Waals surface area contributed by atoms with Crippen molar-refractivity contribution < 1.29 is 9.59 Å². The van der Waals surface area contributed by atoms with E-state index < -0.39 is 0 Å². The van der Waals surface area contributed by atoms with Crippen LogP contribution < -0.4 is 16.0 Å².